The molecule has 0 unspecified atom stereocenters. The fourth-order valence-corrected chi connectivity index (χ4v) is 2.71. The number of ether oxygens (including phenoxy) is 1. The Morgan fingerprint density at radius 3 is 2.95 bits per heavy atom. The molecule has 2 aromatic rings. The van der Waals surface area contributed by atoms with Crippen molar-refractivity contribution in [3.05, 3.63) is 46.0 Å². The second-order valence-corrected chi connectivity index (χ2v) is 5.25. The Morgan fingerprint density at radius 2 is 2.18 bits per heavy atom. The predicted octanol–water partition coefficient (Wildman–Crippen LogP) is 0.384. The van der Waals surface area contributed by atoms with Gasteiger partial charge in [0.25, 0.3) is 5.91 Å². The smallest absolute Gasteiger partial charge is 0.252 e. The van der Waals surface area contributed by atoms with Crippen LogP contribution in [0, 0.1) is 5.82 Å². The predicted molar refractivity (Wildman–Crippen MR) is 79.4 cm³/mol. The number of H-pyrrole nitrogens is 1. The first-order chi connectivity index (χ1) is 10.6. The molecule has 3 N–H and O–H groups in total. The lowest BCUT2D eigenvalue weighted by molar-refractivity contribution is 0.0781. The number of halogens is 1. The van der Waals surface area contributed by atoms with Gasteiger partial charge in [0, 0.05) is 31.7 Å². The molecular weight excluding hydrogens is 289 g/mol. The third-order valence-electron chi connectivity index (χ3n) is 3.83. The van der Waals surface area contributed by atoms with Crippen molar-refractivity contribution in [2.75, 3.05) is 20.2 Å². The number of hydrogen-bond acceptors (Lipinski definition) is 4. The van der Waals surface area contributed by atoms with Crippen LogP contribution in [-0.2, 0) is 4.74 Å². The van der Waals surface area contributed by atoms with E-state index in [4.69, 9.17) is 4.74 Å². The van der Waals surface area contributed by atoms with E-state index in [0.717, 1.165) is 0 Å². The zero-order valence-corrected chi connectivity index (χ0v) is 12.0. The van der Waals surface area contributed by atoms with Gasteiger partial charge in [-0.3, -0.25) is 9.59 Å². The van der Waals surface area contributed by atoms with Crippen molar-refractivity contribution in [1.82, 2.24) is 15.6 Å². The number of fused-ring (bicyclic) bond motifs is 1. The molecule has 1 aromatic carbocycles. The molecule has 0 spiro atoms. The summed E-state index contributed by atoms with van der Waals surface area (Å²) in [4.78, 5) is 26.7. The highest BCUT2D eigenvalue weighted by Crippen LogP contribution is 2.17. The van der Waals surface area contributed by atoms with Crippen molar-refractivity contribution in [2.24, 2.45) is 0 Å². The first-order valence-corrected chi connectivity index (χ1v) is 6.95. The second-order valence-electron chi connectivity index (χ2n) is 5.25. The third-order valence-corrected chi connectivity index (χ3v) is 3.83. The van der Waals surface area contributed by atoms with Crippen molar-refractivity contribution in [1.29, 1.82) is 0 Å². The normalized spacial score (nSPS) is 21.2. The second kappa shape index (κ2) is 5.86. The van der Waals surface area contributed by atoms with Crippen LogP contribution in [0.3, 0.4) is 0 Å². The quantitative estimate of drug-likeness (QED) is 0.766. The van der Waals surface area contributed by atoms with Gasteiger partial charge in [0.15, 0.2) is 0 Å². The molecule has 0 saturated carbocycles. The average Bonchev–Trinajstić information content (AvgIpc) is 2.93. The summed E-state index contributed by atoms with van der Waals surface area (Å²) in [6.07, 6.45) is -0.116. The number of aromatic amines is 1. The number of rotatable bonds is 3. The standard InChI is InChI=1S/C15H16FN3O3/c1-22-13-7-17-6-12(13)19-15(21)10-5-14(20)18-11-4-8(16)2-3-9(10)11/h2-5,12-13,17H,6-7H2,1H3,(H,18,20)(H,19,21)/t12-,13-/m0/s1. The Morgan fingerprint density at radius 1 is 1.36 bits per heavy atom. The van der Waals surface area contributed by atoms with Crippen LogP contribution < -0.4 is 16.2 Å². The van der Waals surface area contributed by atoms with Crippen LogP contribution in [0.15, 0.2) is 29.1 Å². The molecule has 2 atom stereocenters. The van der Waals surface area contributed by atoms with Crippen molar-refractivity contribution in [3.63, 3.8) is 0 Å². The molecule has 2 heterocycles. The van der Waals surface area contributed by atoms with Crippen LogP contribution in [0.2, 0.25) is 0 Å². The lowest BCUT2D eigenvalue weighted by Gasteiger charge is -2.19. The zero-order chi connectivity index (χ0) is 15.7. The summed E-state index contributed by atoms with van der Waals surface area (Å²) in [5.74, 6) is -0.849. The Balaban J connectivity index is 1.95. The highest BCUT2D eigenvalue weighted by molar-refractivity contribution is 6.06. The number of hydrogen-bond donors (Lipinski definition) is 3. The maximum atomic E-state index is 13.3. The lowest BCUT2D eigenvalue weighted by atomic mass is 10.1. The topological polar surface area (TPSA) is 83.2 Å². The van der Waals surface area contributed by atoms with Crippen LogP contribution in [0.5, 0.6) is 0 Å². The van der Waals surface area contributed by atoms with Crippen LogP contribution in [0.1, 0.15) is 10.4 Å². The third kappa shape index (κ3) is 2.72. The van der Waals surface area contributed by atoms with Crippen LogP contribution in [0.25, 0.3) is 10.9 Å². The van der Waals surface area contributed by atoms with E-state index in [0.29, 0.717) is 24.0 Å². The molecular formula is C15H16FN3O3. The number of aromatic nitrogens is 1. The van der Waals surface area contributed by atoms with Crippen molar-refractivity contribution >= 4 is 16.8 Å². The molecule has 1 aromatic heterocycles. The number of carbonyl (C=O) groups is 1. The van der Waals surface area contributed by atoms with Gasteiger partial charge in [-0.1, -0.05) is 0 Å². The Labute approximate surface area is 125 Å². The van der Waals surface area contributed by atoms with Crippen LogP contribution in [-0.4, -0.2) is 43.2 Å². The largest absolute Gasteiger partial charge is 0.378 e. The van der Waals surface area contributed by atoms with E-state index >= 15 is 0 Å². The van der Waals surface area contributed by atoms with E-state index in [1.54, 1.807) is 7.11 Å². The van der Waals surface area contributed by atoms with E-state index in [1.165, 1.54) is 24.3 Å². The number of pyridine rings is 1. The summed E-state index contributed by atoms with van der Waals surface area (Å²) in [6, 6.07) is 4.98. The molecule has 116 valence electrons. The Bertz CT molecular complexity index is 774. The van der Waals surface area contributed by atoms with Gasteiger partial charge in [-0.25, -0.2) is 4.39 Å². The molecule has 1 aliphatic heterocycles. The molecule has 22 heavy (non-hydrogen) atoms. The first kappa shape index (κ1) is 14.7. The lowest BCUT2D eigenvalue weighted by Crippen LogP contribution is -2.43. The van der Waals surface area contributed by atoms with E-state index < -0.39 is 11.4 Å². The van der Waals surface area contributed by atoms with Gasteiger partial charge >= 0.3 is 0 Å². The maximum absolute atomic E-state index is 13.3. The van der Waals surface area contributed by atoms with Crippen LogP contribution >= 0.6 is 0 Å². The molecule has 7 heteroatoms. The summed E-state index contributed by atoms with van der Waals surface area (Å²) in [5, 5.41) is 6.48. The SMILES string of the molecule is CO[C@H]1CNC[C@@H]1NC(=O)c1cc(=O)[nH]c2cc(F)ccc12. The summed E-state index contributed by atoms with van der Waals surface area (Å²) >= 11 is 0. The van der Waals surface area contributed by atoms with E-state index in [2.05, 4.69) is 15.6 Å². The Hall–Kier alpha value is -2.25. The first-order valence-electron chi connectivity index (χ1n) is 6.95. The fraction of sp³-hybridized carbons (Fsp3) is 0.333. The highest BCUT2D eigenvalue weighted by Gasteiger charge is 2.28. The number of amides is 1. The van der Waals surface area contributed by atoms with E-state index in [1.807, 2.05) is 0 Å². The van der Waals surface area contributed by atoms with Gasteiger partial charge in [0.05, 0.1) is 23.2 Å². The maximum Gasteiger partial charge on any atom is 0.252 e. The molecule has 3 rings (SSSR count). The minimum absolute atomic E-state index is 0.116. The number of methoxy groups -OCH3 is 1. The van der Waals surface area contributed by atoms with Gasteiger partial charge in [-0.2, -0.15) is 0 Å². The minimum atomic E-state index is -0.472. The van der Waals surface area contributed by atoms with Gasteiger partial charge < -0.3 is 20.4 Å². The van der Waals surface area contributed by atoms with Gasteiger partial charge in [0.1, 0.15) is 5.82 Å². The molecule has 1 aliphatic rings. The summed E-state index contributed by atoms with van der Waals surface area (Å²) in [5.41, 5.74) is 0.0714. The number of benzene rings is 1. The van der Waals surface area contributed by atoms with Crippen molar-refractivity contribution in [3.8, 4) is 0 Å². The van der Waals surface area contributed by atoms with Gasteiger partial charge in [0.2, 0.25) is 5.56 Å². The summed E-state index contributed by atoms with van der Waals surface area (Å²) in [6.45, 7) is 1.25. The van der Waals surface area contributed by atoms with Crippen molar-refractivity contribution < 1.29 is 13.9 Å². The molecule has 1 saturated heterocycles. The molecule has 6 nitrogen and oxygen atoms in total. The molecule has 1 amide bonds. The summed E-state index contributed by atoms with van der Waals surface area (Å²) < 4.78 is 18.6. The average molecular weight is 305 g/mol. The molecule has 0 aliphatic carbocycles. The van der Waals surface area contributed by atoms with Gasteiger partial charge in [-0.05, 0) is 18.2 Å². The molecule has 1 fully saturated rings. The molecule has 0 bridgehead atoms. The fourth-order valence-electron chi connectivity index (χ4n) is 2.71. The number of carbonyl (C=O) groups excluding carboxylic acids is 1. The van der Waals surface area contributed by atoms with E-state index in [-0.39, 0.29) is 23.6 Å². The van der Waals surface area contributed by atoms with Crippen LogP contribution in [0.4, 0.5) is 4.39 Å². The van der Waals surface area contributed by atoms with Gasteiger partial charge in [-0.15, -0.1) is 0 Å². The Kier molecular flexibility index (Phi) is 3.91. The van der Waals surface area contributed by atoms with Crippen molar-refractivity contribution in [2.45, 2.75) is 12.1 Å². The monoisotopic (exact) mass is 305 g/mol. The molecule has 0 radical (unpaired) electrons. The van der Waals surface area contributed by atoms with E-state index in [9.17, 15) is 14.0 Å². The zero-order valence-electron chi connectivity index (χ0n) is 12.0. The number of nitrogens with one attached hydrogen (secondary N) is 3. The minimum Gasteiger partial charge on any atom is -0.378 e. The summed E-state index contributed by atoms with van der Waals surface area (Å²) in [7, 11) is 1.59. The highest BCUT2D eigenvalue weighted by atomic mass is 19.1.